The van der Waals surface area contributed by atoms with E-state index in [1.165, 1.54) is 30.5 Å². The lowest BCUT2D eigenvalue weighted by Gasteiger charge is -2.10. The minimum absolute atomic E-state index is 0.137. The second kappa shape index (κ2) is 8.03. The Balaban J connectivity index is 1.65. The van der Waals surface area contributed by atoms with Gasteiger partial charge in [-0.1, -0.05) is 12.1 Å². The molecular formula is C19H16F3N3O3. The van der Waals surface area contributed by atoms with E-state index in [4.69, 9.17) is 4.74 Å². The van der Waals surface area contributed by atoms with E-state index in [2.05, 4.69) is 20.3 Å². The first kappa shape index (κ1) is 19.3. The van der Waals surface area contributed by atoms with Crippen LogP contribution in [0.1, 0.15) is 15.9 Å². The van der Waals surface area contributed by atoms with Gasteiger partial charge in [0.05, 0.1) is 24.6 Å². The summed E-state index contributed by atoms with van der Waals surface area (Å²) in [5, 5.41) is 9.43. The van der Waals surface area contributed by atoms with Crippen LogP contribution in [0.5, 0.6) is 11.5 Å². The van der Waals surface area contributed by atoms with Gasteiger partial charge in [-0.2, -0.15) is 5.10 Å². The van der Waals surface area contributed by atoms with Crippen molar-refractivity contribution < 1.29 is 27.4 Å². The van der Waals surface area contributed by atoms with Crippen LogP contribution in [0, 0.1) is 0 Å². The van der Waals surface area contributed by atoms with Crippen molar-refractivity contribution in [3.05, 3.63) is 65.9 Å². The summed E-state index contributed by atoms with van der Waals surface area (Å²) < 4.78 is 45.5. The largest absolute Gasteiger partial charge is 0.573 e. The summed E-state index contributed by atoms with van der Waals surface area (Å²) in [6.07, 6.45) is -3.33. The lowest BCUT2D eigenvalue weighted by molar-refractivity contribution is -0.274. The molecule has 0 spiro atoms. The number of aromatic nitrogens is 2. The molecule has 0 aliphatic carbocycles. The molecule has 0 aliphatic rings. The SMILES string of the molecule is COc1ccc(-c2[nH]ncc2C(=O)NCc2ccc(OC(F)(F)F)cc2)cc1. The third-order valence-electron chi connectivity index (χ3n) is 3.87. The molecule has 0 saturated carbocycles. The molecule has 9 heteroatoms. The van der Waals surface area contributed by atoms with Crippen LogP contribution in [0.15, 0.2) is 54.7 Å². The zero-order chi connectivity index (χ0) is 20.1. The number of amides is 1. The summed E-state index contributed by atoms with van der Waals surface area (Å²) in [5.74, 6) is 0.00149. The normalized spacial score (nSPS) is 11.1. The van der Waals surface area contributed by atoms with E-state index >= 15 is 0 Å². The fraction of sp³-hybridized carbons (Fsp3) is 0.158. The number of nitrogens with one attached hydrogen (secondary N) is 2. The highest BCUT2D eigenvalue weighted by molar-refractivity contribution is 5.99. The molecule has 1 amide bonds. The molecule has 28 heavy (non-hydrogen) atoms. The minimum atomic E-state index is -4.74. The van der Waals surface area contributed by atoms with Crippen LogP contribution in [-0.2, 0) is 6.54 Å². The number of nitrogens with zero attached hydrogens (tertiary/aromatic N) is 1. The van der Waals surface area contributed by atoms with Crippen molar-refractivity contribution in [2.75, 3.05) is 7.11 Å². The van der Waals surface area contributed by atoms with Gasteiger partial charge >= 0.3 is 6.36 Å². The molecule has 0 atom stereocenters. The summed E-state index contributed by atoms with van der Waals surface area (Å²) in [6.45, 7) is 0.137. The number of methoxy groups -OCH3 is 1. The Morgan fingerprint density at radius 1 is 1.07 bits per heavy atom. The molecule has 2 N–H and O–H groups in total. The van der Waals surface area contributed by atoms with Crippen LogP contribution in [-0.4, -0.2) is 29.6 Å². The zero-order valence-electron chi connectivity index (χ0n) is 14.7. The maximum atomic E-state index is 12.5. The molecule has 1 heterocycles. The van der Waals surface area contributed by atoms with Crippen LogP contribution < -0.4 is 14.8 Å². The Morgan fingerprint density at radius 3 is 2.32 bits per heavy atom. The van der Waals surface area contributed by atoms with Gasteiger partial charge in [-0.25, -0.2) is 0 Å². The highest BCUT2D eigenvalue weighted by atomic mass is 19.4. The Hall–Kier alpha value is -3.49. The minimum Gasteiger partial charge on any atom is -0.497 e. The Morgan fingerprint density at radius 2 is 1.71 bits per heavy atom. The molecule has 3 rings (SSSR count). The predicted octanol–water partition coefficient (Wildman–Crippen LogP) is 3.91. The van der Waals surface area contributed by atoms with Crippen LogP contribution in [0.2, 0.25) is 0 Å². The van der Waals surface area contributed by atoms with Crippen LogP contribution in [0.4, 0.5) is 13.2 Å². The lowest BCUT2D eigenvalue weighted by Crippen LogP contribution is -2.23. The number of carbonyl (C=O) groups is 1. The number of benzene rings is 2. The smallest absolute Gasteiger partial charge is 0.497 e. The maximum absolute atomic E-state index is 12.5. The average molecular weight is 391 g/mol. The van der Waals surface area contributed by atoms with Crippen LogP contribution in [0.25, 0.3) is 11.3 Å². The van der Waals surface area contributed by atoms with Crippen molar-refractivity contribution in [2.45, 2.75) is 12.9 Å². The third-order valence-corrected chi connectivity index (χ3v) is 3.87. The van der Waals surface area contributed by atoms with E-state index < -0.39 is 6.36 Å². The summed E-state index contributed by atoms with van der Waals surface area (Å²) in [4.78, 5) is 12.5. The second-order valence-corrected chi connectivity index (χ2v) is 5.76. The summed E-state index contributed by atoms with van der Waals surface area (Å²) >= 11 is 0. The Labute approximate surface area is 158 Å². The number of halogens is 3. The highest BCUT2D eigenvalue weighted by Gasteiger charge is 2.30. The van der Waals surface area contributed by atoms with E-state index in [-0.39, 0.29) is 18.2 Å². The van der Waals surface area contributed by atoms with Crippen molar-refractivity contribution in [3.63, 3.8) is 0 Å². The quantitative estimate of drug-likeness (QED) is 0.668. The molecule has 0 fully saturated rings. The van der Waals surface area contributed by atoms with E-state index in [0.717, 1.165) is 5.56 Å². The first-order chi connectivity index (χ1) is 13.4. The molecule has 146 valence electrons. The van der Waals surface area contributed by atoms with E-state index in [1.807, 2.05) is 0 Å². The number of alkyl halides is 3. The number of carbonyl (C=O) groups excluding carboxylic acids is 1. The van der Waals surface area contributed by atoms with Gasteiger partial charge in [0.1, 0.15) is 11.5 Å². The predicted molar refractivity (Wildman–Crippen MR) is 94.9 cm³/mol. The van der Waals surface area contributed by atoms with Gasteiger partial charge in [0.2, 0.25) is 0 Å². The monoisotopic (exact) mass is 391 g/mol. The van der Waals surface area contributed by atoms with Gasteiger partial charge in [0, 0.05) is 12.1 Å². The van der Waals surface area contributed by atoms with E-state index in [1.54, 1.807) is 31.4 Å². The number of rotatable bonds is 6. The highest BCUT2D eigenvalue weighted by Crippen LogP contribution is 2.24. The molecule has 0 saturated heterocycles. The molecule has 0 radical (unpaired) electrons. The fourth-order valence-electron chi connectivity index (χ4n) is 2.52. The summed E-state index contributed by atoms with van der Waals surface area (Å²) in [5.41, 5.74) is 2.28. The number of ether oxygens (including phenoxy) is 2. The van der Waals surface area contributed by atoms with Crippen LogP contribution >= 0.6 is 0 Å². The van der Waals surface area contributed by atoms with Gasteiger partial charge in [-0.15, -0.1) is 13.2 Å². The first-order valence-electron chi connectivity index (χ1n) is 8.16. The maximum Gasteiger partial charge on any atom is 0.573 e. The van der Waals surface area contributed by atoms with Crippen molar-refractivity contribution in [2.24, 2.45) is 0 Å². The number of aromatic amines is 1. The van der Waals surface area contributed by atoms with E-state index in [9.17, 15) is 18.0 Å². The van der Waals surface area contributed by atoms with Crippen LogP contribution in [0.3, 0.4) is 0 Å². The van der Waals surface area contributed by atoms with E-state index in [0.29, 0.717) is 22.6 Å². The van der Waals surface area contributed by atoms with Crippen molar-refractivity contribution >= 4 is 5.91 Å². The lowest BCUT2D eigenvalue weighted by atomic mass is 10.1. The average Bonchev–Trinajstić information content (AvgIpc) is 3.16. The van der Waals surface area contributed by atoms with Gasteiger partial charge in [0.15, 0.2) is 0 Å². The van der Waals surface area contributed by atoms with Gasteiger partial charge in [-0.3, -0.25) is 9.89 Å². The molecule has 0 unspecified atom stereocenters. The number of H-pyrrole nitrogens is 1. The van der Waals surface area contributed by atoms with Gasteiger partial charge < -0.3 is 14.8 Å². The molecular weight excluding hydrogens is 375 g/mol. The second-order valence-electron chi connectivity index (χ2n) is 5.76. The fourth-order valence-corrected chi connectivity index (χ4v) is 2.52. The molecule has 3 aromatic rings. The standard InChI is InChI=1S/C19H16F3N3O3/c1-27-14-8-4-13(5-9-14)17-16(11-24-25-17)18(26)23-10-12-2-6-15(7-3-12)28-19(20,21)22/h2-9,11H,10H2,1H3,(H,23,26)(H,24,25). The number of hydrogen-bond donors (Lipinski definition) is 2. The van der Waals surface area contributed by atoms with Crippen molar-refractivity contribution in [1.82, 2.24) is 15.5 Å². The zero-order valence-corrected chi connectivity index (χ0v) is 14.7. The molecule has 6 nitrogen and oxygen atoms in total. The van der Waals surface area contributed by atoms with Gasteiger partial charge in [-0.05, 0) is 42.0 Å². The topological polar surface area (TPSA) is 76.2 Å². The van der Waals surface area contributed by atoms with Crippen molar-refractivity contribution in [1.29, 1.82) is 0 Å². The van der Waals surface area contributed by atoms with Crippen molar-refractivity contribution in [3.8, 4) is 22.8 Å². The molecule has 0 bridgehead atoms. The molecule has 0 aliphatic heterocycles. The first-order valence-corrected chi connectivity index (χ1v) is 8.16. The summed E-state index contributed by atoms with van der Waals surface area (Å²) in [7, 11) is 1.56. The third kappa shape index (κ3) is 4.81. The molecule has 2 aromatic carbocycles. The van der Waals surface area contributed by atoms with Gasteiger partial charge in [0.25, 0.3) is 5.91 Å². The summed E-state index contributed by atoms with van der Waals surface area (Å²) in [6, 6.07) is 12.4. The number of hydrogen-bond acceptors (Lipinski definition) is 4. The molecule has 1 aromatic heterocycles. The Bertz CT molecular complexity index is 936. The Kier molecular flexibility index (Phi) is 5.53.